The number of nitrogens with one attached hydrogen (secondary N) is 1. The maximum atomic E-state index is 12.9. The summed E-state index contributed by atoms with van der Waals surface area (Å²) in [5, 5.41) is 11.2. The van der Waals surface area contributed by atoms with Crippen molar-refractivity contribution in [3.63, 3.8) is 0 Å². The number of amides is 2. The molecule has 0 bridgehead atoms. The summed E-state index contributed by atoms with van der Waals surface area (Å²) in [5.41, 5.74) is 2.38. The third kappa shape index (κ3) is 3.74. The van der Waals surface area contributed by atoms with Crippen molar-refractivity contribution in [3.05, 3.63) is 53.9 Å². The van der Waals surface area contributed by atoms with Crippen molar-refractivity contribution in [1.82, 2.24) is 24.8 Å². The van der Waals surface area contributed by atoms with Crippen LogP contribution in [0.15, 0.2) is 41.1 Å². The molecule has 1 aliphatic heterocycles. The fraction of sp³-hybridized carbons (Fsp3) is 0.368. The Morgan fingerprint density at radius 2 is 2.04 bits per heavy atom. The normalized spacial score (nSPS) is 19.6. The second kappa shape index (κ2) is 7.43. The summed E-state index contributed by atoms with van der Waals surface area (Å²) < 4.78 is 12.8. The first-order valence-corrected chi connectivity index (χ1v) is 9.13. The Hall–Kier alpha value is -3.20. The molecule has 3 aromatic rings. The Balaban J connectivity index is 1.52. The smallest absolute Gasteiger partial charge is 0.322 e. The molecular formula is C19H22N6O3. The SMILES string of the molecule is Cc1ccn(-c2ccccc2NC(=O)N2C[C@@H](C)O[C@@H](c3nc(C)no3)C2)n1. The molecule has 1 fully saturated rings. The predicted octanol–water partition coefficient (Wildman–Crippen LogP) is 2.87. The van der Waals surface area contributed by atoms with Gasteiger partial charge in [-0.15, -0.1) is 0 Å². The first-order chi connectivity index (χ1) is 13.5. The third-order valence-corrected chi connectivity index (χ3v) is 4.48. The van der Waals surface area contributed by atoms with Gasteiger partial charge in [-0.2, -0.15) is 10.1 Å². The number of morpholine rings is 1. The van der Waals surface area contributed by atoms with Crippen molar-refractivity contribution in [2.75, 3.05) is 18.4 Å². The van der Waals surface area contributed by atoms with Gasteiger partial charge in [-0.1, -0.05) is 17.3 Å². The third-order valence-electron chi connectivity index (χ3n) is 4.48. The highest BCUT2D eigenvalue weighted by atomic mass is 16.5. The van der Waals surface area contributed by atoms with Crippen LogP contribution in [0.2, 0.25) is 0 Å². The van der Waals surface area contributed by atoms with Crippen molar-refractivity contribution in [2.24, 2.45) is 0 Å². The van der Waals surface area contributed by atoms with Crippen molar-refractivity contribution >= 4 is 11.7 Å². The van der Waals surface area contributed by atoms with Gasteiger partial charge in [0.1, 0.15) is 0 Å². The number of aryl methyl sites for hydroxylation is 2. The minimum Gasteiger partial charge on any atom is -0.362 e. The van der Waals surface area contributed by atoms with Crippen LogP contribution in [0.1, 0.15) is 30.4 Å². The molecular weight excluding hydrogens is 360 g/mol. The van der Waals surface area contributed by atoms with Crippen molar-refractivity contribution in [2.45, 2.75) is 33.0 Å². The van der Waals surface area contributed by atoms with Gasteiger partial charge >= 0.3 is 6.03 Å². The molecule has 2 atom stereocenters. The molecule has 1 saturated heterocycles. The van der Waals surface area contributed by atoms with Crippen molar-refractivity contribution in [1.29, 1.82) is 0 Å². The Morgan fingerprint density at radius 1 is 1.21 bits per heavy atom. The van der Waals surface area contributed by atoms with Crippen LogP contribution < -0.4 is 5.32 Å². The quantitative estimate of drug-likeness (QED) is 0.748. The van der Waals surface area contributed by atoms with Crippen LogP contribution in [0.5, 0.6) is 0 Å². The molecule has 9 nitrogen and oxygen atoms in total. The van der Waals surface area contributed by atoms with E-state index in [9.17, 15) is 4.79 Å². The van der Waals surface area contributed by atoms with E-state index in [-0.39, 0.29) is 12.1 Å². The largest absolute Gasteiger partial charge is 0.362 e. The number of anilines is 1. The van der Waals surface area contributed by atoms with Crippen LogP contribution in [0, 0.1) is 13.8 Å². The summed E-state index contributed by atoms with van der Waals surface area (Å²) in [7, 11) is 0. The number of urea groups is 1. The molecule has 2 amide bonds. The monoisotopic (exact) mass is 382 g/mol. The van der Waals surface area contributed by atoms with E-state index in [1.807, 2.05) is 50.4 Å². The van der Waals surface area contributed by atoms with Gasteiger partial charge in [-0.25, -0.2) is 9.48 Å². The molecule has 0 radical (unpaired) electrons. The molecule has 2 aromatic heterocycles. The molecule has 1 aliphatic rings. The lowest BCUT2D eigenvalue weighted by Crippen LogP contribution is -2.47. The lowest BCUT2D eigenvalue weighted by atomic mass is 10.2. The van der Waals surface area contributed by atoms with E-state index in [0.717, 1.165) is 11.4 Å². The molecule has 0 spiro atoms. The number of hydrogen-bond donors (Lipinski definition) is 1. The lowest BCUT2D eigenvalue weighted by Gasteiger charge is -2.35. The highest BCUT2D eigenvalue weighted by Gasteiger charge is 2.33. The molecule has 0 unspecified atom stereocenters. The zero-order valence-corrected chi connectivity index (χ0v) is 16.0. The van der Waals surface area contributed by atoms with E-state index < -0.39 is 6.10 Å². The van der Waals surface area contributed by atoms with E-state index in [4.69, 9.17) is 9.26 Å². The Morgan fingerprint density at radius 3 is 2.75 bits per heavy atom. The summed E-state index contributed by atoms with van der Waals surface area (Å²) in [6.07, 6.45) is 1.27. The Kier molecular flexibility index (Phi) is 4.82. The van der Waals surface area contributed by atoms with Gasteiger partial charge in [-0.3, -0.25) is 0 Å². The van der Waals surface area contributed by atoms with E-state index >= 15 is 0 Å². The van der Waals surface area contributed by atoms with E-state index in [1.165, 1.54) is 0 Å². The fourth-order valence-electron chi connectivity index (χ4n) is 3.22. The number of hydrogen-bond acceptors (Lipinski definition) is 6. The van der Waals surface area contributed by atoms with Gasteiger partial charge in [0, 0.05) is 12.7 Å². The molecule has 9 heteroatoms. The van der Waals surface area contributed by atoms with Gasteiger partial charge in [0.15, 0.2) is 11.9 Å². The highest BCUT2D eigenvalue weighted by molar-refractivity contribution is 5.91. The van der Waals surface area contributed by atoms with E-state index in [0.29, 0.717) is 30.5 Å². The van der Waals surface area contributed by atoms with Crippen LogP contribution in [0.4, 0.5) is 10.5 Å². The molecule has 146 valence electrons. The molecule has 1 aromatic carbocycles. The second-order valence-corrected chi connectivity index (χ2v) is 6.87. The number of ether oxygens (including phenoxy) is 1. The standard InChI is InChI=1S/C19H22N6O3/c1-12-8-9-25(22-12)16-7-5-4-6-15(16)21-19(26)24-10-13(2)27-17(11-24)18-20-14(3)23-28-18/h4-9,13,17H,10-11H2,1-3H3,(H,21,26)/t13-,17-/m1/s1. The van der Waals surface area contributed by atoms with Crippen LogP contribution in [-0.2, 0) is 4.74 Å². The molecule has 3 heterocycles. The van der Waals surface area contributed by atoms with Gasteiger partial charge in [0.25, 0.3) is 5.89 Å². The number of nitrogens with zero attached hydrogens (tertiary/aromatic N) is 5. The van der Waals surface area contributed by atoms with Crippen molar-refractivity contribution in [3.8, 4) is 5.69 Å². The maximum Gasteiger partial charge on any atom is 0.322 e. The fourth-order valence-corrected chi connectivity index (χ4v) is 3.22. The minimum absolute atomic E-state index is 0.152. The van der Waals surface area contributed by atoms with Crippen LogP contribution in [0.25, 0.3) is 5.69 Å². The first-order valence-electron chi connectivity index (χ1n) is 9.13. The maximum absolute atomic E-state index is 12.9. The van der Waals surface area contributed by atoms with E-state index in [1.54, 1.807) is 16.5 Å². The van der Waals surface area contributed by atoms with Crippen LogP contribution in [-0.4, -0.2) is 50.0 Å². The average molecular weight is 382 g/mol. The minimum atomic E-state index is -0.445. The first kappa shape index (κ1) is 18.2. The van der Waals surface area contributed by atoms with Gasteiger partial charge in [0.05, 0.1) is 29.7 Å². The highest BCUT2D eigenvalue weighted by Crippen LogP contribution is 2.25. The average Bonchev–Trinajstić information content (AvgIpc) is 3.30. The second-order valence-electron chi connectivity index (χ2n) is 6.87. The molecule has 0 saturated carbocycles. The molecule has 28 heavy (non-hydrogen) atoms. The van der Waals surface area contributed by atoms with Crippen LogP contribution in [0.3, 0.4) is 0 Å². The number of carbonyl (C=O) groups is 1. The number of para-hydroxylation sites is 2. The summed E-state index contributed by atoms with van der Waals surface area (Å²) in [5.74, 6) is 0.922. The summed E-state index contributed by atoms with van der Waals surface area (Å²) in [6.45, 7) is 6.39. The molecule has 4 rings (SSSR count). The summed E-state index contributed by atoms with van der Waals surface area (Å²) in [4.78, 5) is 18.9. The van der Waals surface area contributed by atoms with Gasteiger partial charge < -0.3 is 19.5 Å². The van der Waals surface area contributed by atoms with Gasteiger partial charge in [-0.05, 0) is 39.0 Å². The van der Waals surface area contributed by atoms with E-state index in [2.05, 4.69) is 20.6 Å². The summed E-state index contributed by atoms with van der Waals surface area (Å²) >= 11 is 0. The predicted molar refractivity (Wildman–Crippen MR) is 101 cm³/mol. The topological polar surface area (TPSA) is 98.3 Å². The number of carbonyl (C=O) groups excluding carboxylic acids is 1. The molecule has 1 N–H and O–H groups in total. The zero-order chi connectivity index (χ0) is 19.7. The number of benzene rings is 1. The van der Waals surface area contributed by atoms with Gasteiger partial charge in [0.2, 0.25) is 0 Å². The number of rotatable bonds is 3. The Labute approximate surface area is 162 Å². The Bertz CT molecular complexity index is 981. The summed E-state index contributed by atoms with van der Waals surface area (Å²) in [6, 6.07) is 9.25. The number of aromatic nitrogens is 4. The lowest BCUT2D eigenvalue weighted by molar-refractivity contribution is -0.0769. The molecule has 0 aliphatic carbocycles. The zero-order valence-electron chi connectivity index (χ0n) is 16.0. The van der Waals surface area contributed by atoms with Crippen molar-refractivity contribution < 1.29 is 14.1 Å². The van der Waals surface area contributed by atoms with Crippen LogP contribution >= 0.6 is 0 Å².